The van der Waals surface area contributed by atoms with Crippen LogP contribution in [0.15, 0.2) is 76.3 Å². The Morgan fingerprint density at radius 2 is 1.84 bits per heavy atom. The number of carbonyl (C=O) groups is 1. The predicted molar refractivity (Wildman–Crippen MR) is 101 cm³/mol. The fourth-order valence-corrected chi connectivity index (χ4v) is 3.30. The number of ether oxygens (including phenoxy) is 1. The second kappa shape index (κ2) is 6.33. The molecule has 0 N–H and O–H groups in total. The molecular formula is C20H15BrN2O2. The van der Waals surface area contributed by atoms with Crippen molar-refractivity contribution in [2.75, 3.05) is 0 Å². The summed E-state index contributed by atoms with van der Waals surface area (Å²) < 4.78 is 6.97. The van der Waals surface area contributed by atoms with Crippen molar-refractivity contribution in [2.24, 2.45) is 5.10 Å². The Balaban J connectivity index is 1.72. The Morgan fingerprint density at radius 1 is 1.04 bits per heavy atom. The lowest BCUT2D eigenvalue weighted by Crippen LogP contribution is -2.25. The number of halogens is 1. The molecule has 124 valence electrons. The Kier molecular flexibility index (Phi) is 4.01. The topological polar surface area (TPSA) is 41.9 Å². The maximum atomic E-state index is 12.0. The van der Waals surface area contributed by atoms with Gasteiger partial charge in [0.25, 0.3) is 0 Å². The molecule has 1 amide bonds. The molecule has 3 aromatic carbocycles. The smallest absolute Gasteiger partial charge is 0.243 e. The van der Waals surface area contributed by atoms with Crippen molar-refractivity contribution in [3.8, 4) is 0 Å². The van der Waals surface area contributed by atoms with Gasteiger partial charge in [-0.3, -0.25) is 4.79 Å². The summed E-state index contributed by atoms with van der Waals surface area (Å²) in [6, 6.07) is 21.8. The van der Waals surface area contributed by atoms with E-state index in [1.165, 1.54) is 11.9 Å². The number of amides is 1. The SMILES string of the molecule is CC(=O)N1N=C(c2ccc3ccccc3c2)O[C@H]1c1cccc(Br)c1. The third kappa shape index (κ3) is 3.03. The Bertz CT molecular complexity index is 1000. The van der Waals surface area contributed by atoms with Crippen molar-refractivity contribution in [1.82, 2.24) is 5.01 Å². The molecule has 1 aliphatic heterocycles. The first kappa shape index (κ1) is 15.8. The van der Waals surface area contributed by atoms with E-state index in [0.29, 0.717) is 5.90 Å². The van der Waals surface area contributed by atoms with E-state index in [-0.39, 0.29) is 5.91 Å². The molecule has 0 fully saturated rings. The summed E-state index contributed by atoms with van der Waals surface area (Å²) in [4.78, 5) is 12.0. The van der Waals surface area contributed by atoms with Crippen molar-refractivity contribution < 1.29 is 9.53 Å². The minimum atomic E-state index is -0.559. The minimum Gasteiger partial charge on any atom is -0.446 e. The van der Waals surface area contributed by atoms with Gasteiger partial charge in [0.1, 0.15) is 0 Å². The normalized spacial score (nSPS) is 16.6. The minimum absolute atomic E-state index is 0.166. The Hall–Kier alpha value is -2.66. The van der Waals surface area contributed by atoms with Gasteiger partial charge in [0.05, 0.1) is 0 Å². The first-order valence-electron chi connectivity index (χ1n) is 7.91. The van der Waals surface area contributed by atoms with Crippen molar-refractivity contribution >= 4 is 38.5 Å². The zero-order valence-electron chi connectivity index (χ0n) is 13.5. The number of hydrogen-bond donors (Lipinski definition) is 0. The lowest BCUT2D eigenvalue weighted by Gasteiger charge is -2.19. The van der Waals surface area contributed by atoms with Crippen molar-refractivity contribution in [1.29, 1.82) is 0 Å². The highest BCUT2D eigenvalue weighted by atomic mass is 79.9. The fourth-order valence-electron chi connectivity index (χ4n) is 2.88. The van der Waals surface area contributed by atoms with Gasteiger partial charge in [-0.2, -0.15) is 5.01 Å². The second-order valence-electron chi connectivity index (χ2n) is 5.86. The quantitative estimate of drug-likeness (QED) is 0.623. The van der Waals surface area contributed by atoms with E-state index in [2.05, 4.69) is 27.1 Å². The molecular weight excluding hydrogens is 380 g/mol. The maximum Gasteiger partial charge on any atom is 0.243 e. The molecule has 0 radical (unpaired) electrons. The molecule has 0 unspecified atom stereocenters. The Labute approximate surface area is 153 Å². The molecule has 5 heteroatoms. The third-order valence-corrected chi connectivity index (χ3v) is 4.59. The lowest BCUT2D eigenvalue weighted by atomic mass is 10.1. The van der Waals surface area contributed by atoms with E-state index in [0.717, 1.165) is 26.4 Å². The van der Waals surface area contributed by atoms with E-state index < -0.39 is 6.23 Å². The molecule has 0 aromatic heterocycles. The number of fused-ring (bicyclic) bond motifs is 1. The van der Waals surface area contributed by atoms with E-state index in [9.17, 15) is 4.79 Å². The fraction of sp³-hybridized carbons (Fsp3) is 0.100. The zero-order chi connectivity index (χ0) is 17.4. The van der Waals surface area contributed by atoms with Gasteiger partial charge in [-0.1, -0.05) is 58.4 Å². The van der Waals surface area contributed by atoms with E-state index in [4.69, 9.17) is 4.74 Å². The van der Waals surface area contributed by atoms with Crippen molar-refractivity contribution in [3.63, 3.8) is 0 Å². The largest absolute Gasteiger partial charge is 0.446 e. The van der Waals surface area contributed by atoms with Gasteiger partial charge in [-0.05, 0) is 35.0 Å². The van der Waals surface area contributed by atoms with Crippen LogP contribution in [0.1, 0.15) is 24.3 Å². The molecule has 0 aliphatic carbocycles. The number of nitrogens with zero attached hydrogens (tertiary/aromatic N) is 2. The van der Waals surface area contributed by atoms with Crippen LogP contribution in [0.2, 0.25) is 0 Å². The zero-order valence-corrected chi connectivity index (χ0v) is 15.1. The van der Waals surface area contributed by atoms with Gasteiger partial charge in [0.2, 0.25) is 18.0 Å². The van der Waals surface area contributed by atoms with Gasteiger partial charge in [0, 0.05) is 22.5 Å². The van der Waals surface area contributed by atoms with Crippen LogP contribution in [-0.2, 0) is 9.53 Å². The molecule has 0 spiro atoms. The highest BCUT2D eigenvalue weighted by Crippen LogP contribution is 2.32. The molecule has 3 aromatic rings. The van der Waals surface area contributed by atoms with Gasteiger partial charge in [-0.15, -0.1) is 5.10 Å². The number of hydrazone groups is 1. The van der Waals surface area contributed by atoms with Crippen LogP contribution in [0.5, 0.6) is 0 Å². The molecule has 1 atom stereocenters. The van der Waals surface area contributed by atoms with Crippen LogP contribution >= 0.6 is 15.9 Å². The number of rotatable bonds is 2. The standard InChI is InChI=1S/C20H15BrN2O2/c1-13(24)23-20(17-7-4-8-18(21)12-17)25-19(22-23)16-10-9-14-5-2-3-6-15(14)11-16/h2-12,20H,1H3/t20-/m0/s1. The predicted octanol–water partition coefficient (Wildman–Crippen LogP) is 4.84. The average molecular weight is 395 g/mol. The van der Waals surface area contributed by atoms with E-state index in [1.807, 2.05) is 60.7 Å². The molecule has 0 bridgehead atoms. The highest BCUT2D eigenvalue weighted by molar-refractivity contribution is 9.10. The third-order valence-electron chi connectivity index (χ3n) is 4.10. The summed E-state index contributed by atoms with van der Waals surface area (Å²) in [5, 5.41) is 8.05. The summed E-state index contributed by atoms with van der Waals surface area (Å²) in [5.41, 5.74) is 1.71. The molecule has 1 aliphatic rings. The summed E-state index contributed by atoms with van der Waals surface area (Å²) >= 11 is 3.46. The van der Waals surface area contributed by atoms with Crippen LogP contribution in [0.4, 0.5) is 0 Å². The maximum absolute atomic E-state index is 12.0. The molecule has 25 heavy (non-hydrogen) atoms. The summed E-state index contributed by atoms with van der Waals surface area (Å²) in [5.74, 6) is 0.284. The average Bonchev–Trinajstić information content (AvgIpc) is 3.07. The lowest BCUT2D eigenvalue weighted by molar-refractivity contribution is -0.135. The first-order chi connectivity index (χ1) is 12.1. The van der Waals surface area contributed by atoms with Crippen LogP contribution in [0.25, 0.3) is 10.8 Å². The molecule has 4 rings (SSSR count). The summed E-state index contributed by atoms with van der Waals surface area (Å²) in [6.45, 7) is 1.49. The van der Waals surface area contributed by atoms with Crippen LogP contribution in [-0.4, -0.2) is 16.8 Å². The molecule has 0 saturated heterocycles. The molecule has 0 saturated carbocycles. The number of hydrogen-bond acceptors (Lipinski definition) is 3. The number of benzene rings is 3. The van der Waals surface area contributed by atoms with Crippen LogP contribution in [0, 0.1) is 0 Å². The van der Waals surface area contributed by atoms with Crippen LogP contribution in [0.3, 0.4) is 0 Å². The van der Waals surface area contributed by atoms with E-state index in [1.54, 1.807) is 0 Å². The highest BCUT2D eigenvalue weighted by Gasteiger charge is 2.33. The van der Waals surface area contributed by atoms with Gasteiger partial charge in [0.15, 0.2) is 0 Å². The van der Waals surface area contributed by atoms with Crippen LogP contribution < -0.4 is 0 Å². The van der Waals surface area contributed by atoms with Gasteiger partial charge in [-0.25, -0.2) is 0 Å². The monoisotopic (exact) mass is 394 g/mol. The summed E-state index contributed by atoms with van der Waals surface area (Å²) in [7, 11) is 0. The first-order valence-corrected chi connectivity index (χ1v) is 8.71. The van der Waals surface area contributed by atoms with E-state index >= 15 is 0 Å². The number of carbonyl (C=O) groups excluding carboxylic acids is 1. The second-order valence-corrected chi connectivity index (χ2v) is 6.77. The van der Waals surface area contributed by atoms with Gasteiger partial charge >= 0.3 is 0 Å². The van der Waals surface area contributed by atoms with Gasteiger partial charge < -0.3 is 4.74 Å². The molecule has 4 nitrogen and oxygen atoms in total. The van der Waals surface area contributed by atoms with Crippen molar-refractivity contribution in [3.05, 3.63) is 82.3 Å². The molecule has 1 heterocycles. The van der Waals surface area contributed by atoms with Crippen molar-refractivity contribution in [2.45, 2.75) is 13.2 Å². The summed E-state index contributed by atoms with van der Waals surface area (Å²) in [6.07, 6.45) is -0.559. The Morgan fingerprint density at radius 3 is 2.60 bits per heavy atom.